The minimum absolute atomic E-state index is 0. The van der Waals surface area contributed by atoms with E-state index in [2.05, 4.69) is 16.2 Å². The molecule has 0 aliphatic rings. The van der Waals surface area contributed by atoms with Gasteiger partial charge in [-0.2, -0.15) is 0 Å². The van der Waals surface area contributed by atoms with Crippen LogP contribution in [0, 0.1) is 16.3 Å². The third kappa shape index (κ3) is 2.75. The van der Waals surface area contributed by atoms with E-state index in [0.717, 1.165) is 11.1 Å². The van der Waals surface area contributed by atoms with Crippen molar-refractivity contribution in [2.24, 2.45) is 0 Å². The molecule has 0 atom stereocenters. The first-order valence-electron chi connectivity index (χ1n) is 6.29. The monoisotopic (exact) mass is 543 g/mol. The fourth-order valence-corrected chi connectivity index (χ4v) is 1.94. The van der Waals surface area contributed by atoms with Crippen LogP contribution in [0.1, 0.15) is 0 Å². The summed E-state index contributed by atoms with van der Waals surface area (Å²) < 4.78 is 0. The second kappa shape index (κ2) is 5.92. The zero-order valence-electron chi connectivity index (χ0n) is 11.6. The van der Waals surface area contributed by atoms with E-state index in [1.165, 1.54) is 12.1 Å². The van der Waals surface area contributed by atoms with Gasteiger partial charge in [0.15, 0.2) is 0 Å². The van der Waals surface area contributed by atoms with Crippen molar-refractivity contribution in [3.8, 4) is 22.6 Å². The van der Waals surface area contributed by atoms with Crippen LogP contribution in [0.3, 0.4) is 0 Å². The molecule has 0 fully saturated rings. The second-order valence-corrected chi connectivity index (χ2v) is 4.38. The van der Waals surface area contributed by atoms with Crippen molar-refractivity contribution < 1.29 is 4.92 Å². The zero-order valence-corrected chi connectivity index (χ0v) is 18.0. The Morgan fingerprint density at radius 2 is 1.64 bits per heavy atom. The summed E-state index contributed by atoms with van der Waals surface area (Å²) in [5.74, 6) is 0.575. The average Bonchev–Trinajstić information content (AvgIpc) is 2.56. The van der Waals surface area contributed by atoms with E-state index in [4.69, 9.17) is 0 Å². The molecule has 3 rings (SSSR count). The topological polar surface area (TPSA) is 68.9 Å². The fraction of sp³-hybridized carbons (Fsp3) is 0. The Balaban J connectivity index is 0.00000176. The molecule has 0 spiro atoms. The van der Waals surface area contributed by atoms with Crippen molar-refractivity contribution in [1.29, 1.82) is 0 Å². The van der Waals surface area contributed by atoms with Gasteiger partial charge in [0.25, 0.3) is 5.69 Å². The van der Waals surface area contributed by atoms with E-state index in [0.29, 0.717) is 11.5 Å². The number of hydrogen-bond acceptors (Lipinski definition) is 4. The van der Waals surface area contributed by atoms with Gasteiger partial charge in [-0.1, -0.05) is 54.2 Å². The van der Waals surface area contributed by atoms with Gasteiger partial charge in [-0.05, 0) is 11.3 Å². The molecule has 5 nitrogen and oxygen atoms in total. The van der Waals surface area contributed by atoms with Crippen LogP contribution >= 0.6 is 0 Å². The summed E-state index contributed by atoms with van der Waals surface area (Å²) in [7, 11) is 0. The van der Waals surface area contributed by atoms with Crippen molar-refractivity contribution in [3.63, 3.8) is 0 Å². The van der Waals surface area contributed by atoms with Crippen LogP contribution in [0.25, 0.3) is 22.6 Å². The molecule has 0 aliphatic carbocycles. The third-order valence-electron chi connectivity index (χ3n) is 3.00. The maximum absolute atomic E-state index is 10.7. The van der Waals surface area contributed by atoms with Crippen LogP contribution in [0.2, 0.25) is 0 Å². The van der Waals surface area contributed by atoms with E-state index in [1.54, 1.807) is 18.2 Å². The van der Waals surface area contributed by atoms with Gasteiger partial charge in [-0.3, -0.25) is 10.1 Å². The number of nitro groups is 1. The SMILES string of the molecule is O=[N+]([O-])c1ccc(-c2c[c-]nc(-c3ccccc3)n2)cc1.[Rf]. The van der Waals surface area contributed by atoms with Crippen LogP contribution in [-0.2, 0) is 0 Å². The van der Waals surface area contributed by atoms with E-state index >= 15 is 0 Å². The predicted octanol–water partition coefficient (Wildman–Crippen LogP) is 3.52. The maximum Gasteiger partial charge on any atom is 0.269 e. The molecule has 0 amide bonds. The first kappa shape index (κ1) is 14.3. The summed E-state index contributed by atoms with van der Waals surface area (Å²) in [4.78, 5) is 18.8. The summed E-state index contributed by atoms with van der Waals surface area (Å²) in [6.45, 7) is 0. The number of aromatic nitrogens is 2. The molecular weight excluding hydrogens is 533 g/mol. The quantitative estimate of drug-likeness (QED) is 0.288. The molecule has 0 bridgehead atoms. The van der Waals surface area contributed by atoms with E-state index in [1.807, 2.05) is 30.3 Å². The molecule has 0 saturated carbocycles. The summed E-state index contributed by atoms with van der Waals surface area (Å²) in [6.07, 6.45) is 2.82. The molecule has 0 saturated heterocycles. The maximum atomic E-state index is 10.7. The molecular formula is C16H10N3O2Rf-. The summed E-state index contributed by atoms with van der Waals surface area (Å²) in [6, 6.07) is 17.5. The molecule has 0 radical (unpaired) electrons. The van der Waals surface area contributed by atoms with Crippen molar-refractivity contribution in [3.05, 3.63) is 77.0 Å². The minimum Gasteiger partial charge on any atom is -0.369 e. The molecule has 2 aromatic carbocycles. The minimum atomic E-state index is -0.425. The molecule has 1 heterocycles. The van der Waals surface area contributed by atoms with Crippen LogP contribution in [0.5, 0.6) is 0 Å². The van der Waals surface area contributed by atoms with E-state index in [-0.39, 0.29) is 5.69 Å². The van der Waals surface area contributed by atoms with Crippen LogP contribution in [0.4, 0.5) is 5.69 Å². The van der Waals surface area contributed by atoms with Crippen molar-refractivity contribution in [2.75, 3.05) is 0 Å². The number of hydrogen-bond donors (Lipinski definition) is 0. The van der Waals surface area contributed by atoms with E-state index in [9.17, 15) is 10.1 Å². The molecule has 22 heavy (non-hydrogen) atoms. The first-order chi connectivity index (χ1) is 10.2. The molecule has 104 valence electrons. The fourth-order valence-electron chi connectivity index (χ4n) is 1.94. The number of rotatable bonds is 3. The molecule has 0 aliphatic heterocycles. The summed E-state index contributed by atoms with van der Waals surface area (Å²) >= 11 is 0. The van der Waals surface area contributed by atoms with Gasteiger partial charge in [0, 0.05) is 18.0 Å². The normalized spacial score (nSPS) is 9.82. The van der Waals surface area contributed by atoms with Crippen molar-refractivity contribution in [1.82, 2.24) is 9.97 Å². The van der Waals surface area contributed by atoms with Gasteiger partial charge < -0.3 is 9.97 Å². The predicted molar refractivity (Wildman–Crippen MR) is 78.4 cm³/mol. The van der Waals surface area contributed by atoms with Crippen LogP contribution in [-0.4, -0.2) is 14.9 Å². The molecule has 3 aromatic rings. The van der Waals surface area contributed by atoms with E-state index < -0.39 is 4.92 Å². The van der Waals surface area contributed by atoms with Gasteiger partial charge in [-0.15, -0.1) is 6.07 Å². The summed E-state index contributed by atoms with van der Waals surface area (Å²) in [5, 5.41) is 10.7. The smallest absolute Gasteiger partial charge is 0.269 e. The molecule has 6 heteroatoms. The summed E-state index contributed by atoms with van der Waals surface area (Å²) in [5.41, 5.74) is 2.42. The Labute approximate surface area is 121 Å². The Morgan fingerprint density at radius 3 is 2.27 bits per heavy atom. The average molecular weight is 543 g/mol. The second-order valence-electron chi connectivity index (χ2n) is 4.38. The third-order valence-corrected chi connectivity index (χ3v) is 3.00. The Morgan fingerprint density at radius 1 is 0.955 bits per heavy atom. The molecule has 0 N–H and O–H groups in total. The van der Waals surface area contributed by atoms with Gasteiger partial charge in [0.2, 0.25) is 0 Å². The molecule has 0 unspecified atom stereocenters. The number of benzene rings is 2. The van der Waals surface area contributed by atoms with Gasteiger partial charge in [0.1, 0.15) is 0 Å². The Kier molecular flexibility index (Phi) is 3.85. The van der Waals surface area contributed by atoms with Gasteiger partial charge in [0.05, 0.1) is 4.92 Å². The zero-order chi connectivity index (χ0) is 14.7. The standard InChI is InChI=1S/C16H10N3O2.Rf/c20-19(21)14-8-6-12(7-9-14)15-10-11-17-16(18-15)13-4-2-1-3-5-13;/h1-10H;/q-1;. The van der Waals surface area contributed by atoms with Crippen LogP contribution < -0.4 is 0 Å². The first-order valence-corrected chi connectivity index (χ1v) is 6.29. The number of non-ortho nitro benzene ring substituents is 1. The van der Waals surface area contributed by atoms with Crippen molar-refractivity contribution >= 4 is 5.69 Å². The van der Waals surface area contributed by atoms with Gasteiger partial charge in [-0.25, -0.2) is 0 Å². The number of nitro benzene ring substituents is 1. The molecule has 1 aromatic heterocycles. The van der Waals surface area contributed by atoms with Crippen molar-refractivity contribution in [2.45, 2.75) is 0 Å². The Bertz CT molecular complexity index is 777. The largest absolute Gasteiger partial charge is 0.369 e. The van der Waals surface area contributed by atoms with Gasteiger partial charge >= 0.3 is 0 Å². The number of nitrogens with zero attached hydrogens (tertiary/aromatic N) is 3. The van der Waals surface area contributed by atoms with Crippen LogP contribution in [0.15, 0.2) is 60.7 Å². The Hall–Kier alpha value is -4.08.